The molecule has 1 heterocycles. The van der Waals surface area contributed by atoms with Crippen molar-refractivity contribution in [3.05, 3.63) is 69.8 Å². The van der Waals surface area contributed by atoms with Crippen molar-refractivity contribution in [3.63, 3.8) is 0 Å². The zero-order valence-corrected chi connectivity index (χ0v) is 15.3. The largest absolute Gasteiger partial charge is 0.313 e. The van der Waals surface area contributed by atoms with E-state index in [4.69, 9.17) is 0 Å². The Morgan fingerprint density at radius 2 is 1.88 bits per heavy atom. The first-order valence-corrected chi connectivity index (χ1v) is 9.94. The van der Waals surface area contributed by atoms with Crippen molar-refractivity contribution in [2.24, 2.45) is 0 Å². The summed E-state index contributed by atoms with van der Waals surface area (Å²) in [6.45, 7) is 3.28. The molecule has 0 bridgehead atoms. The molecule has 2 aromatic rings. The van der Waals surface area contributed by atoms with Gasteiger partial charge in [0.2, 0.25) is 0 Å². The Kier molecular flexibility index (Phi) is 5.36. The number of aryl methyl sites for hydroxylation is 1. The summed E-state index contributed by atoms with van der Waals surface area (Å²) in [4.78, 5) is 10.4. The van der Waals surface area contributed by atoms with Crippen LogP contribution in [0.4, 0.5) is 5.69 Å². The van der Waals surface area contributed by atoms with Gasteiger partial charge in [0, 0.05) is 25.7 Å². The van der Waals surface area contributed by atoms with Gasteiger partial charge in [0.05, 0.1) is 11.0 Å². The Morgan fingerprint density at radius 1 is 1.19 bits per heavy atom. The number of nitro groups is 1. The maximum absolute atomic E-state index is 13.2. The summed E-state index contributed by atoms with van der Waals surface area (Å²) in [5, 5.41) is 14.5. The minimum absolute atomic E-state index is 0.259. The molecule has 0 radical (unpaired) electrons. The summed E-state index contributed by atoms with van der Waals surface area (Å²) in [6, 6.07) is 12.9. The van der Waals surface area contributed by atoms with Gasteiger partial charge < -0.3 is 5.32 Å². The van der Waals surface area contributed by atoms with Crippen LogP contribution in [0.5, 0.6) is 0 Å². The molecular formula is C18H21N3O4S. The first-order chi connectivity index (χ1) is 12.4. The van der Waals surface area contributed by atoms with Gasteiger partial charge in [-0.05, 0) is 23.6 Å². The number of rotatable bonds is 5. The molecule has 26 heavy (non-hydrogen) atoms. The van der Waals surface area contributed by atoms with Crippen LogP contribution < -0.4 is 5.32 Å². The number of nitrogens with one attached hydrogen (secondary N) is 1. The molecule has 0 amide bonds. The van der Waals surface area contributed by atoms with E-state index in [-0.39, 0.29) is 11.4 Å². The van der Waals surface area contributed by atoms with E-state index in [1.807, 2.05) is 24.3 Å². The van der Waals surface area contributed by atoms with E-state index in [1.165, 1.54) is 34.1 Å². The zero-order chi connectivity index (χ0) is 18.7. The SMILES string of the molecule is CCc1ccc(C2CNCCN2S(=O)(=O)c2ccccc2[N+](=O)[O-])cc1. The molecule has 1 atom stereocenters. The van der Waals surface area contributed by atoms with Gasteiger partial charge in [0.25, 0.3) is 15.7 Å². The molecule has 3 rings (SSSR count). The Hall–Kier alpha value is -2.29. The standard InChI is InChI=1S/C18H21N3O4S/c1-2-14-7-9-15(10-8-14)17-13-19-11-12-20(17)26(24,25)18-6-4-3-5-16(18)21(22)23/h3-10,17,19H,2,11-13H2,1H3. The van der Waals surface area contributed by atoms with Gasteiger partial charge in [-0.2, -0.15) is 4.31 Å². The number of piperazine rings is 1. The van der Waals surface area contributed by atoms with Gasteiger partial charge in [-0.15, -0.1) is 0 Å². The third-order valence-corrected chi connectivity index (χ3v) is 6.57. The third-order valence-electron chi connectivity index (χ3n) is 4.62. The average molecular weight is 375 g/mol. The molecule has 0 saturated carbocycles. The number of hydrogen-bond donors (Lipinski definition) is 1. The van der Waals surface area contributed by atoms with Crippen LogP contribution in [0.25, 0.3) is 0 Å². The molecule has 1 unspecified atom stereocenters. The quantitative estimate of drug-likeness (QED) is 0.640. The molecule has 0 aliphatic carbocycles. The smallest absolute Gasteiger partial charge is 0.289 e. The molecule has 1 aliphatic heterocycles. The molecule has 138 valence electrons. The van der Waals surface area contributed by atoms with Crippen LogP contribution >= 0.6 is 0 Å². The molecule has 1 N–H and O–H groups in total. The number of hydrogen-bond acceptors (Lipinski definition) is 5. The highest BCUT2D eigenvalue weighted by Crippen LogP contribution is 2.33. The van der Waals surface area contributed by atoms with Gasteiger partial charge in [-0.3, -0.25) is 10.1 Å². The summed E-state index contributed by atoms with van der Waals surface area (Å²) in [5.74, 6) is 0. The Morgan fingerprint density at radius 3 is 2.54 bits per heavy atom. The Labute approximate surface area is 152 Å². The van der Waals surface area contributed by atoms with Gasteiger partial charge in [-0.1, -0.05) is 43.3 Å². The molecule has 2 aromatic carbocycles. The van der Waals surface area contributed by atoms with E-state index in [2.05, 4.69) is 12.2 Å². The van der Waals surface area contributed by atoms with E-state index >= 15 is 0 Å². The highest BCUT2D eigenvalue weighted by atomic mass is 32.2. The van der Waals surface area contributed by atoms with Crippen LogP contribution in [0.2, 0.25) is 0 Å². The summed E-state index contributed by atoms with van der Waals surface area (Å²) in [5.41, 5.74) is 1.65. The van der Waals surface area contributed by atoms with Gasteiger partial charge >= 0.3 is 0 Å². The number of sulfonamides is 1. The predicted molar refractivity (Wildman–Crippen MR) is 98.4 cm³/mol. The summed E-state index contributed by atoms with van der Waals surface area (Å²) < 4.78 is 27.8. The molecule has 1 fully saturated rings. The van der Waals surface area contributed by atoms with Gasteiger partial charge in [0.15, 0.2) is 4.90 Å². The Balaban J connectivity index is 2.02. The first kappa shape index (κ1) is 18.5. The fourth-order valence-corrected chi connectivity index (χ4v) is 4.96. The fourth-order valence-electron chi connectivity index (χ4n) is 3.19. The second-order valence-electron chi connectivity index (χ2n) is 6.16. The fraction of sp³-hybridized carbons (Fsp3) is 0.333. The third kappa shape index (κ3) is 3.48. The zero-order valence-electron chi connectivity index (χ0n) is 14.5. The lowest BCUT2D eigenvalue weighted by atomic mass is 10.0. The van der Waals surface area contributed by atoms with E-state index in [0.29, 0.717) is 13.1 Å². The van der Waals surface area contributed by atoms with Crippen molar-refractivity contribution in [1.82, 2.24) is 9.62 Å². The molecule has 0 aromatic heterocycles. The molecule has 1 aliphatic rings. The topological polar surface area (TPSA) is 92.6 Å². The second-order valence-corrected chi connectivity index (χ2v) is 8.01. The first-order valence-electron chi connectivity index (χ1n) is 8.50. The highest BCUT2D eigenvalue weighted by Gasteiger charge is 2.37. The number of para-hydroxylation sites is 1. The summed E-state index contributed by atoms with van der Waals surface area (Å²) in [6.07, 6.45) is 0.904. The number of nitro benzene ring substituents is 1. The van der Waals surface area contributed by atoms with E-state index in [0.717, 1.165) is 12.0 Å². The van der Waals surface area contributed by atoms with Crippen LogP contribution in [0, 0.1) is 10.1 Å². The molecule has 8 heteroatoms. The lowest BCUT2D eigenvalue weighted by Gasteiger charge is -2.35. The monoisotopic (exact) mass is 375 g/mol. The molecule has 0 spiro atoms. The molecular weight excluding hydrogens is 354 g/mol. The number of benzene rings is 2. The van der Waals surface area contributed by atoms with E-state index < -0.39 is 26.7 Å². The van der Waals surface area contributed by atoms with Crippen molar-refractivity contribution in [1.29, 1.82) is 0 Å². The maximum Gasteiger partial charge on any atom is 0.289 e. The van der Waals surface area contributed by atoms with Crippen LogP contribution in [0.1, 0.15) is 24.1 Å². The second kappa shape index (κ2) is 7.53. The van der Waals surface area contributed by atoms with Crippen LogP contribution in [-0.2, 0) is 16.4 Å². The van der Waals surface area contributed by atoms with Crippen molar-refractivity contribution in [2.45, 2.75) is 24.3 Å². The van der Waals surface area contributed by atoms with Gasteiger partial charge in [0.1, 0.15) is 0 Å². The van der Waals surface area contributed by atoms with Crippen molar-refractivity contribution in [3.8, 4) is 0 Å². The Bertz CT molecular complexity index is 897. The highest BCUT2D eigenvalue weighted by molar-refractivity contribution is 7.89. The summed E-state index contributed by atoms with van der Waals surface area (Å²) in [7, 11) is -4.00. The minimum atomic E-state index is -4.00. The van der Waals surface area contributed by atoms with Gasteiger partial charge in [-0.25, -0.2) is 8.42 Å². The minimum Gasteiger partial charge on any atom is -0.313 e. The maximum atomic E-state index is 13.2. The predicted octanol–water partition coefficient (Wildman–Crippen LogP) is 2.49. The van der Waals surface area contributed by atoms with Crippen molar-refractivity contribution < 1.29 is 13.3 Å². The van der Waals surface area contributed by atoms with E-state index in [1.54, 1.807) is 0 Å². The lowest BCUT2D eigenvalue weighted by Crippen LogP contribution is -2.48. The lowest BCUT2D eigenvalue weighted by molar-refractivity contribution is -0.387. The average Bonchev–Trinajstić information content (AvgIpc) is 2.68. The van der Waals surface area contributed by atoms with Crippen LogP contribution in [0.15, 0.2) is 53.4 Å². The van der Waals surface area contributed by atoms with E-state index in [9.17, 15) is 18.5 Å². The number of nitrogens with zero attached hydrogens (tertiary/aromatic N) is 2. The molecule has 7 nitrogen and oxygen atoms in total. The van der Waals surface area contributed by atoms with Crippen LogP contribution in [0.3, 0.4) is 0 Å². The summed E-state index contributed by atoms with van der Waals surface area (Å²) >= 11 is 0. The van der Waals surface area contributed by atoms with Crippen LogP contribution in [-0.4, -0.2) is 37.3 Å². The molecule has 1 saturated heterocycles. The van der Waals surface area contributed by atoms with Crippen molar-refractivity contribution >= 4 is 15.7 Å². The van der Waals surface area contributed by atoms with Crippen molar-refractivity contribution in [2.75, 3.05) is 19.6 Å². The normalized spacial score (nSPS) is 18.6.